The third-order valence-corrected chi connectivity index (χ3v) is 6.42. The van der Waals surface area contributed by atoms with Gasteiger partial charge in [-0.15, -0.1) is 0 Å². The van der Waals surface area contributed by atoms with Gasteiger partial charge in [-0.2, -0.15) is 0 Å². The molecule has 1 N–H and O–H groups in total. The van der Waals surface area contributed by atoms with E-state index in [4.69, 9.17) is 9.47 Å². The molecular formula is C10H20O5S. The second-order valence-electron chi connectivity index (χ2n) is 4.66. The van der Waals surface area contributed by atoms with Crippen molar-refractivity contribution < 1.29 is 23.0 Å². The van der Waals surface area contributed by atoms with Gasteiger partial charge in [-0.3, -0.25) is 0 Å². The van der Waals surface area contributed by atoms with Crippen LogP contribution in [0, 0.1) is 0 Å². The molecule has 1 rings (SSSR count). The summed E-state index contributed by atoms with van der Waals surface area (Å²) in [5.41, 5.74) is 0. The zero-order chi connectivity index (χ0) is 12.4. The molecule has 6 heteroatoms. The molecule has 0 aromatic rings. The molecule has 0 spiro atoms. The largest absolute Gasteiger partial charge is 0.395 e. The average Bonchev–Trinajstić information content (AvgIpc) is 2.98. The topological polar surface area (TPSA) is 72.8 Å². The Kier molecular flexibility index (Phi) is 3.99. The molecule has 0 unspecified atom stereocenters. The first-order valence-corrected chi connectivity index (χ1v) is 6.70. The average molecular weight is 252 g/mol. The van der Waals surface area contributed by atoms with E-state index in [0.29, 0.717) is 12.8 Å². The van der Waals surface area contributed by atoms with Crippen LogP contribution in [0.25, 0.3) is 0 Å². The lowest BCUT2D eigenvalue weighted by Gasteiger charge is -2.31. The lowest BCUT2D eigenvalue weighted by Crippen LogP contribution is -2.51. The van der Waals surface area contributed by atoms with Crippen LogP contribution in [0.5, 0.6) is 0 Å². The van der Waals surface area contributed by atoms with Gasteiger partial charge in [0.2, 0.25) is 0 Å². The van der Waals surface area contributed by atoms with Gasteiger partial charge < -0.3 is 14.6 Å². The van der Waals surface area contributed by atoms with Crippen molar-refractivity contribution in [1.29, 1.82) is 0 Å². The fraction of sp³-hybridized carbons (Fsp3) is 1.00. The van der Waals surface area contributed by atoms with E-state index in [9.17, 15) is 13.5 Å². The molecule has 5 nitrogen and oxygen atoms in total. The summed E-state index contributed by atoms with van der Waals surface area (Å²) in [5.74, 6) is 0. The smallest absolute Gasteiger partial charge is 0.168 e. The molecule has 0 atom stereocenters. The number of ether oxygens (including phenoxy) is 2. The fourth-order valence-corrected chi connectivity index (χ4v) is 4.38. The predicted molar refractivity (Wildman–Crippen MR) is 60.1 cm³/mol. The lowest BCUT2D eigenvalue weighted by atomic mass is 10.2. The SMILES string of the molecule is COCC(C)(COC)S(=O)(=O)C1(CO)CC1. The first-order valence-electron chi connectivity index (χ1n) is 5.22. The van der Waals surface area contributed by atoms with Crippen molar-refractivity contribution >= 4 is 9.84 Å². The summed E-state index contributed by atoms with van der Waals surface area (Å²) < 4.78 is 32.8. The lowest BCUT2D eigenvalue weighted by molar-refractivity contribution is 0.104. The normalized spacial score (nSPS) is 19.8. The van der Waals surface area contributed by atoms with Gasteiger partial charge in [0.25, 0.3) is 0 Å². The van der Waals surface area contributed by atoms with E-state index in [1.165, 1.54) is 14.2 Å². The summed E-state index contributed by atoms with van der Waals surface area (Å²) in [6.07, 6.45) is 1.05. The molecule has 16 heavy (non-hydrogen) atoms. The Balaban J connectivity index is 3.02. The molecule has 0 aromatic carbocycles. The van der Waals surface area contributed by atoms with Gasteiger partial charge in [-0.05, 0) is 19.8 Å². The Morgan fingerprint density at radius 1 is 1.25 bits per heavy atom. The molecule has 0 aromatic heterocycles. The van der Waals surface area contributed by atoms with Gasteiger partial charge in [-0.1, -0.05) is 0 Å². The van der Waals surface area contributed by atoms with Crippen molar-refractivity contribution in [3.05, 3.63) is 0 Å². The second-order valence-corrected chi connectivity index (χ2v) is 7.52. The molecule has 96 valence electrons. The molecule has 1 fully saturated rings. The van der Waals surface area contributed by atoms with Gasteiger partial charge in [0.1, 0.15) is 4.75 Å². The Hall–Kier alpha value is -0.170. The third kappa shape index (κ3) is 1.99. The van der Waals surface area contributed by atoms with Crippen LogP contribution in [-0.2, 0) is 19.3 Å². The Morgan fingerprint density at radius 2 is 1.69 bits per heavy atom. The minimum Gasteiger partial charge on any atom is -0.395 e. The molecule has 1 aliphatic rings. The van der Waals surface area contributed by atoms with Gasteiger partial charge in [0.05, 0.1) is 24.6 Å². The van der Waals surface area contributed by atoms with Crippen LogP contribution in [-0.4, -0.2) is 57.1 Å². The molecule has 0 aliphatic heterocycles. The van der Waals surface area contributed by atoms with Crippen molar-refractivity contribution in [2.45, 2.75) is 29.3 Å². The Bertz CT molecular complexity index is 325. The first kappa shape index (κ1) is 13.9. The molecular weight excluding hydrogens is 232 g/mol. The van der Waals surface area contributed by atoms with Crippen LogP contribution < -0.4 is 0 Å². The van der Waals surface area contributed by atoms with Gasteiger partial charge >= 0.3 is 0 Å². The quantitative estimate of drug-likeness (QED) is 0.689. The highest BCUT2D eigenvalue weighted by molar-refractivity contribution is 7.94. The Labute approximate surface area is 96.7 Å². The number of hydrogen-bond acceptors (Lipinski definition) is 5. The summed E-state index contributed by atoms with van der Waals surface area (Å²) in [6, 6.07) is 0. The van der Waals surface area contributed by atoms with Gasteiger partial charge in [0.15, 0.2) is 9.84 Å². The van der Waals surface area contributed by atoms with E-state index >= 15 is 0 Å². The maximum atomic E-state index is 12.4. The first-order chi connectivity index (χ1) is 7.39. The van der Waals surface area contributed by atoms with E-state index in [2.05, 4.69) is 0 Å². The van der Waals surface area contributed by atoms with Crippen LogP contribution in [0.2, 0.25) is 0 Å². The summed E-state index contributed by atoms with van der Waals surface area (Å²) in [6.45, 7) is 1.43. The molecule has 1 saturated carbocycles. The molecule has 0 amide bonds. The van der Waals surface area contributed by atoms with Crippen molar-refractivity contribution in [2.24, 2.45) is 0 Å². The van der Waals surface area contributed by atoms with Gasteiger partial charge in [-0.25, -0.2) is 8.42 Å². The maximum Gasteiger partial charge on any atom is 0.168 e. The summed E-state index contributed by atoms with van der Waals surface area (Å²) in [5, 5.41) is 9.23. The standard InChI is InChI=1S/C10H20O5S/c1-9(7-14-2,8-15-3)16(12,13)10(6-11)4-5-10/h11H,4-8H2,1-3H3. The van der Waals surface area contributed by atoms with Crippen LogP contribution in [0.4, 0.5) is 0 Å². The summed E-state index contributed by atoms with van der Waals surface area (Å²) in [4.78, 5) is 0. The van der Waals surface area contributed by atoms with Crippen molar-refractivity contribution in [1.82, 2.24) is 0 Å². The summed E-state index contributed by atoms with van der Waals surface area (Å²) in [7, 11) is -0.543. The van der Waals surface area contributed by atoms with Crippen molar-refractivity contribution in [2.75, 3.05) is 34.0 Å². The monoisotopic (exact) mass is 252 g/mol. The van der Waals surface area contributed by atoms with E-state index in [-0.39, 0.29) is 19.8 Å². The number of aliphatic hydroxyl groups excluding tert-OH is 1. The van der Waals surface area contributed by atoms with E-state index < -0.39 is 19.3 Å². The van der Waals surface area contributed by atoms with Crippen molar-refractivity contribution in [3.63, 3.8) is 0 Å². The van der Waals surface area contributed by atoms with E-state index in [1.54, 1.807) is 6.92 Å². The van der Waals surface area contributed by atoms with Crippen molar-refractivity contribution in [3.8, 4) is 0 Å². The third-order valence-electron chi connectivity index (χ3n) is 3.21. The minimum absolute atomic E-state index is 0.0743. The second kappa shape index (κ2) is 4.60. The molecule has 0 bridgehead atoms. The molecule has 1 aliphatic carbocycles. The van der Waals surface area contributed by atoms with Crippen LogP contribution >= 0.6 is 0 Å². The highest BCUT2D eigenvalue weighted by Gasteiger charge is 2.60. The Morgan fingerprint density at radius 3 is 1.94 bits per heavy atom. The zero-order valence-corrected chi connectivity index (χ0v) is 10.8. The zero-order valence-electron chi connectivity index (χ0n) is 10.0. The highest BCUT2D eigenvalue weighted by atomic mass is 32.2. The highest BCUT2D eigenvalue weighted by Crippen LogP contribution is 2.48. The number of methoxy groups -OCH3 is 2. The fourth-order valence-electron chi connectivity index (χ4n) is 1.98. The number of hydrogen-bond donors (Lipinski definition) is 1. The maximum absolute atomic E-state index is 12.4. The number of aliphatic hydroxyl groups is 1. The van der Waals surface area contributed by atoms with Gasteiger partial charge in [0, 0.05) is 14.2 Å². The number of sulfone groups is 1. The minimum atomic E-state index is -3.46. The molecule has 0 saturated heterocycles. The van der Waals surface area contributed by atoms with Crippen LogP contribution in [0.3, 0.4) is 0 Å². The summed E-state index contributed by atoms with van der Waals surface area (Å²) >= 11 is 0. The molecule has 0 heterocycles. The van der Waals surface area contributed by atoms with E-state index in [1.807, 2.05) is 0 Å². The van der Waals surface area contributed by atoms with Crippen LogP contribution in [0.1, 0.15) is 19.8 Å². The van der Waals surface area contributed by atoms with E-state index in [0.717, 1.165) is 0 Å². The molecule has 0 radical (unpaired) electrons. The van der Waals surface area contributed by atoms with Crippen LogP contribution in [0.15, 0.2) is 0 Å². The number of rotatable bonds is 7. The predicted octanol–water partition coefficient (Wildman–Crippen LogP) is -0.0224.